The number of amides is 2. The Hall–Kier alpha value is -4.10. The number of thioether (sulfide) groups is 1. The summed E-state index contributed by atoms with van der Waals surface area (Å²) in [6.07, 6.45) is 1.81. The second kappa shape index (κ2) is 12.9. The fraction of sp³-hybridized carbons (Fsp3) is 0.240. The van der Waals surface area contributed by atoms with Gasteiger partial charge in [0.1, 0.15) is 17.2 Å². The molecular weight excluding hydrogens is 528 g/mol. The van der Waals surface area contributed by atoms with E-state index in [1.54, 1.807) is 55.7 Å². The lowest BCUT2D eigenvalue weighted by molar-refractivity contribution is -0.120. The summed E-state index contributed by atoms with van der Waals surface area (Å²) in [5, 5.41) is 17.0. The number of nitrogens with one attached hydrogen (secondary N) is 2. The minimum atomic E-state index is -0.230. The summed E-state index contributed by atoms with van der Waals surface area (Å²) in [5.41, 5.74) is 1.46. The monoisotopic (exact) mass is 554 g/mol. The molecule has 0 aliphatic heterocycles. The van der Waals surface area contributed by atoms with E-state index in [0.29, 0.717) is 33.3 Å². The standard InChI is InChI=1S/C25H26N6O5S2/c1-34-17-6-4-16(5-7-17)12-22(32)27-14-21-29-30-25(38-15-23(33)28-24-26-10-11-37-24)31(21)19-13-18(35-2)8-9-20(19)36-3/h4-11,13H,12,14-15H2,1-3H3,(H,27,32)(H,26,28,33). The summed E-state index contributed by atoms with van der Waals surface area (Å²) in [6, 6.07) is 12.6. The molecule has 0 spiro atoms. The number of ether oxygens (including phenoxy) is 3. The number of thiazole rings is 1. The van der Waals surface area contributed by atoms with Crippen molar-refractivity contribution in [1.82, 2.24) is 25.1 Å². The van der Waals surface area contributed by atoms with Gasteiger partial charge in [-0.3, -0.25) is 14.2 Å². The third-order valence-electron chi connectivity index (χ3n) is 5.31. The van der Waals surface area contributed by atoms with Crippen LogP contribution in [0.25, 0.3) is 5.69 Å². The van der Waals surface area contributed by atoms with Crippen molar-refractivity contribution in [3.63, 3.8) is 0 Å². The van der Waals surface area contributed by atoms with Crippen LogP contribution in [0, 0.1) is 0 Å². The summed E-state index contributed by atoms with van der Waals surface area (Å²) in [5.74, 6) is 1.99. The zero-order valence-corrected chi connectivity index (χ0v) is 22.6. The summed E-state index contributed by atoms with van der Waals surface area (Å²) in [4.78, 5) is 29.2. The van der Waals surface area contributed by atoms with Crippen LogP contribution in [0.4, 0.5) is 5.13 Å². The quantitative estimate of drug-likeness (QED) is 0.253. The summed E-state index contributed by atoms with van der Waals surface area (Å²) in [6.45, 7) is 0.105. The average molecular weight is 555 g/mol. The zero-order chi connectivity index (χ0) is 26.9. The van der Waals surface area contributed by atoms with E-state index < -0.39 is 0 Å². The normalized spacial score (nSPS) is 10.6. The number of benzene rings is 2. The predicted octanol–water partition coefficient (Wildman–Crippen LogP) is 3.34. The Labute approximate surface area is 227 Å². The third kappa shape index (κ3) is 6.81. The molecule has 2 aromatic heterocycles. The van der Waals surface area contributed by atoms with Gasteiger partial charge in [-0.15, -0.1) is 21.5 Å². The lowest BCUT2D eigenvalue weighted by Gasteiger charge is -2.15. The van der Waals surface area contributed by atoms with Crippen LogP contribution in [-0.2, 0) is 22.6 Å². The SMILES string of the molecule is COc1ccc(CC(=O)NCc2nnc(SCC(=O)Nc3nccs3)n2-c2cc(OC)ccc2OC)cc1. The number of carbonyl (C=O) groups excluding carboxylic acids is 2. The molecule has 13 heteroatoms. The fourth-order valence-electron chi connectivity index (χ4n) is 3.46. The van der Waals surface area contributed by atoms with Crippen LogP contribution in [0.5, 0.6) is 17.2 Å². The molecule has 0 saturated carbocycles. The van der Waals surface area contributed by atoms with E-state index in [4.69, 9.17) is 14.2 Å². The van der Waals surface area contributed by atoms with Crippen LogP contribution in [-0.4, -0.2) is 58.6 Å². The maximum absolute atomic E-state index is 12.7. The molecule has 2 amide bonds. The molecule has 11 nitrogen and oxygen atoms in total. The van der Waals surface area contributed by atoms with E-state index in [0.717, 1.165) is 11.3 Å². The molecule has 4 aromatic rings. The Morgan fingerprint density at radius 3 is 2.42 bits per heavy atom. The van der Waals surface area contributed by atoms with Crippen molar-refractivity contribution in [3.05, 3.63) is 65.4 Å². The molecule has 0 aliphatic carbocycles. The third-order valence-corrected chi connectivity index (χ3v) is 6.92. The lowest BCUT2D eigenvalue weighted by atomic mass is 10.1. The van der Waals surface area contributed by atoms with E-state index >= 15 is 0 Å². The number of carbonyl (C=O) groups is 2. The molecule has 0 aliphatic rings. The maximum atomic E-state index is 12.7. The molecule has 2 heterocycles. The van der Waals surface area contributed by atoms with E-state index in [9.17, 15) is 9.59 Å². The predicted molar refractivity (Wildman–Crippen MR) is 144 cm³/mol. The molecular formula is C25H26N6O5S2. The van der Waals surface area contributed by atoms with Gasteiger partial charge in [0.2, 0.25) is 11.8 Å². The molecule has 198 valence electrons. The Morgan fingerprint density at radius 2 is 1.74 bits per heavy atom. The van der Waals surface area contributed by atoms with Crippen molar-refractivity contribution in [2.45, 2.75) is 18.1 Å². The van der Waals surface area contributed by atoms with Gasteiger partial charge in [-0.05, 0) is 29.8 Å². The highest BCUT2D eigenvalue weighted by Gasteiger charge is 2.20. The molecule has 0 unspecified atom stereocenters. The summed E-state index contributed by atoms with van der Waals surface area (Å²) < 4.78 is 17.9. The van der Waals surface area contributed by atoms with E-state index in [1.165, 1.54) is 23.1 Å². The van der Waals surface area contributed by atoms with Crippen molar-refractivity contribution in [1.29, 1.82) is 0 Å². The Balaban J connectivity index is 1.54. The Kier molecular flexibility index (Phi) is 9.16. The number of hydrogen-bond donors (Lipinski definition) is 2. The topological polar surface area (TPSA) is 129 Å². The molecule has 2 aromatic carbocycles. The first-order chi connectivity index (χ1) is 18.5. The van der Waals surface area contributed by atoms with Crippen molar-refractivity contribution in [3.8, 4) is 22.9 Å². The first-order valence-electron chi connectivity index (χ1n) is 11.4. The number of nitrogens with zero attached hydrogens (tertiary/aromatic N) is 4. The molecule has 4 rings (SSSR count). The number of aromatic nitrogens is 4. The molecule has 2 N–H and O–H groups in total. The van der Waals surface area contributed by atoms with Crippen molar-refractivity contribution in [2.24, 2.45) is 0 Å². The molecule has 0 fully saturated rings. The highest BCUT2D eigenvalue weighted by Crippen LogP contribution is 2.32. The highest BCUT2D eigenvalue weighted by molar-refractivity contribution is 7.99. The van der Waals surface area contributed by atoms with Crippen LogP contribution in [0.15, 0.2) is 59.2 Å². The molecule has 0 atom stereocenters. The average Bonchev–Trinajstić information content (AvgIpc) is 3.60. The second-order valence-corrected chi connectivity index (χ2v) is 9.58. The van der Waals surface area contributed by atoms with Gasteiger partial charge >= 0.3 is 0 Å². The van der Waals surface area contributed by atoms with Gasteiger partial charge in [0.05, 0.1) is 45.7 Å². The number of anilines is 1. The first-order valence-corrected chi connectivity index (χ1v) is 13.3. The number of methoxy groups -OCH3 is 3. The van der Waals surface area contributed by atoms with E-state index in [1.807, 2.05) is 24.3 Å². The highest BCUT2D eigenvalue weighted by atomic mass is 32.2. The van der Waals surface area contributed by atoms with Crippen LogP contribution in [0.2, 0.25) is 0 Å². The van der Waals surface area contributed by atoms with Crippen LogP contribution < -0.4 is 24.8 Å². The van der Waals surface area contributed by atoms with E-state index in [-0.39, 0.29) is 30.5 Å². The minimum absolute atomic E-state index is 0.0772. The Morgan fingerprint density at radius 1 is 0.974 bits per heavy atom. The number of hydrogen-bond acceptors (Lipinski definition) is 10. The maximum Gasteiger partial charge on any atom is 0.236 e. The minimum Gasteiger partial charge on any atom is -0.497 e. The van der Waals surface area contributed by atoms with Crippen molar-refractivity contribution in [2.75, 3.05) is 32.4 Å². The first kappa shape index (κ1) is 26.9. The van der Waals surface area contributed by atoms with Gasteiger partial charge in [-0.25, -0.2) is 4.98 Å². The molecule has 0 saturated heterocycles. The van der Waals surface area contributed by atoms with E-state index in [2.05, 4.69) is 25.8 Å². The smallest absolute Gasteiger partial charge is 0.236 e. The van der Waals surface area contributed by atoms with Crippen molar-refractivity contribution < 1.29 is 23.8 Å². The molecule has 38 heavy (non-hydrogen) atoms. The van der Waals surface area contributed by atoms with Gasteiger partial charge in [-0.1, -0.05) is 23.9 Å². The van der Waals surface area contributed by atoms with Gasteiger partial charge in [0, 0.05) is 17.6 Å². The van der Waals surface area contributed by atoms with Gasteiger partial charge in [0.15, 0.2) is 16.1 Å². The molecule has 0 bridgehead atoms. The van der Waals surface area contributed by atoms with Gasteiger partial charge in [-0.2, -0.15) is 0 Å². The lowest BCUT2D eigenvalue weighted by Crippen LogP contribution is -2.26. The van der Waals surface area contributed by atoms with Crippen LogP contribution in [0.3, 0.4) is 0 Å². The molecule has 0 radical (unpaired) electrons. The van der Waals surface area contributed by atoms with Crippen molar-refractivity contribution >= 4 is 40.0 Å². The Bertz CT molecular complexity index is 1380. The fourth-order valence-corrected chi connectivity index (χ4v) is 4.77. The summed E-state index contributed by atoms with van der Waals surface area (Å²) in [7, 11) is 4.71. The van der Waals surface area contributed by atoms with Gasteiger partial charge in [0.25, 0.3) is 0 Å². The summed E-state index contributed by atoms with van der Waals surface area (Å²) >= 11 is 2.53. The second-order valence-electron chi connectivity index (χ2n) is 7.75. The largest absolute Gasteiger partial charge is 0.497 e. The number of rotatable bonds is 12. The van der Waals surface area contributed by atoms with Crippen LogP contribution >= 0.6 is 23.1 Å². The zero-order valence-electron chi connectivity index (χ0n) is 21.0. The van der Waals surface area contributed by atoms with Crippen LogP contribution in [0.1, 0.15) is 11.4 Å². The van der Waals surface area contributed by atoms with Gasteiger partial charge < -0.3 is 24.8 Å².